The zero-order chi connectivity index (χ0) is 21.0. The fourth-order valence-corrected chi connectivity index (χ4v) is 4.35. The molecule has 1 atom stereocenters. The van der Waals surface area contributed by atoms with Crippen molar-refractivity contribution < 1.29 is 14.6 Å². The Morgan fingerprint density at radius 2 is 1.93 bits per heavy atom. The van der Waals surface area contributed by atoms with Crippen molar-refractivity contribution in [3.63, 3.8) is 0 Å². The standard InChI is InChI=1S/C21H20Cl2N2O3S/c1-3-18(14-6-9-16(22)17(23)10-14)25-19(20(26)27)11-24-21(25)29-12-13-4-7-15(28-2)8-5-13/h4-11,18H,3,12H2,1-2H3,(H,26,27). The average Bonchev–Trinajstić information content (AvgIpc) is 3.14. The molecule has 2 aromatic carbocycles. The Morgan fingerprint density at radius 1 is 1.21 bits per heavy atom. The molecule has 0 bridgehead atoms. The van der Waals surface area contributed by atoms with Crippen LogP contribution >= 0.6 is 35.0 Å². The highest BCUT2D eigenvalue weighted by Gasteiger charge is 2.24. The SMILES string of the molecule is CCC(c1ccc(Cl)c(Cl)c1)n1c(C(=O)O)cnc1SCc1ccc(OC)cc1. The van der Waals surface area contributed by atoms with Gasteiger partial charge in [-0.1, -0.05) is 60.1 Å². The first-order valence-electron chi connectivity index (χ1n) is 8.95. The van der Waals surface area contributed by atoms with Gasteiger partial charge in [0.1, 0.15) is 11.4 Å². The number of carbonyl (C=O) groups is 1. The van der Waals surface area contributed by atoms with E-state index in [0.29, 0.717) is 27.4 Å². The van der Waals surface area contributed by atoms with E-state index in [1.807, 2.05) is 37.3 Å². The Balaban J connectivity index is 1.93. The van der Waals surface area contributed by atoms with E-state index in [9.17, 15) is 9.90 Å². The summed E-state index contributed by atoms with van der Waals surface area (Å²) in [6, 6.07) is 12.9. The van der Waals surface area contributed by atoms with Gasteiger partial charge in [-0.3, -0.25) is 0 Å². The maximum atomic E-state index is 11.8. The molecule has 0 amide bonds. The van der Waals surface area contributed by atoms with Gasteiger partial charge >= 0.3 is 5.97 Å². The maximum Gasteiger partial charge on any atom is 0.354 e. The molecule has 0 radical (unpaired) electrons. The number of methoxy groups -OCH3 is 1. The predicted octanol–water partition coefficient (Wildman–Crippen LogP) is 6.19. The van der Waals surface area contributed by atoms with Gasteiger partial charge in [0.25, 0.3) is 0 Å². The number of carboxylic acid groups (broad SMARTS) is 1. The molecular weight excluding hydrogens is 431 g/mol. The van der Waals surface area contributed by atoms with Crippen LogP contribution in [0, 0.1) is 0 Å². The first kappa shape index (κ1) is 21.6. The number of imidazole rings is 1. The fourth-order valence-electron chi connectivity index (χ4n) is 3.07. The summed E-state index contributed by atoms with van der Waals surface area (Å²) in [5, 5.41) is 11.2. The van der Waals surface area contributed by atoms with E-state index < -0.39 is 5.97 Å². The van der Waals surface area contributed by atoms with Crippen LogP contribution < -0.4 is 4.74 Å². The van der Waals surface area contributed by atoms with E-state index in [2.05, 4.69) is 4.98 Å². The van der Waals surface area contributed by atoms with Gasteiger partial charge in [-0.2, -0.15) is 0 Å². The van der Waals surface area contributed by atoms with Crippen molar-refractivity contribution in [2.75, 3.05) is 7.11 Å². The van der Waals surface area contributed by atoms with Crippen molar-refractivity contribution in [1.82, 2.24) is 9.55 Å². The first-order valence-corrected chi connectivity index (χ1v) is 10.7. The number of hydrogen-bond acceptors (Lipinski definition) is 4. The molecule has 3 aromatic rings. The third-order valence-corrected chi connectivity index (χ3v) is 6.31. The number of rotatable bonds is 8. The van der Waals surface area contributed by atoms with Gasteiger partial charge in [0.15, 0.2) is 5.16 Å². The molecule has 0 saturated heterocycles. The van der Waals surface area contributed by atoms with Crippen molar-refractivity contribution in [2.24, 2.45) is 0 Å². The number of thioether (sulfide) groups is 1. The summed E-state index contributed by atoms with van der Waals surface area (Å²) in [7, 11) is 1.63. The monoisotopic (exact) mass is 450 g/mol. The molecule has 0 aliphatic rings. The molecule has 0 fully saturated rings. The summed E-state index contributed by atoms with van der Waals surface area (Å²) in [5.74, 6) is 0.420. The lowest BCUT2D eigenvalue weighted by atomic mass is 10.0. The number of halogens is 2. The summed E-state index contributed by atoms with van der Waals surface area (Å²) in [6.07, 6.45) is 2.07. The van der Waals surface area contributed by atoms with Crippen molar-refractivity contribution in [3.8, 4) is 5.75 Å². The van der Waals surface area contributed by atoms with Gasteiger partial charge < -0.3 is 14.4 Å². The Hall–Kier alpha value is -2.15. The largest absolute Gasteiger partial charge is 0.497 e. The Bertz CT molecular complexity index is 1010. The minimum absolute atomic E-state index is 0.139. The van der Waals surface area contributed by atoms with E-state index in [0.717, 1.165) is 16.9 Å². The summed E-state index contributed by atoms with van der Waals surface area (Å²) < 4.78 is 6.95. The molecule has 1 heterocycles. The lowest BCUT2D eigenvalue weighted by molar-refractivity contribution is 0.0682. The predicted molar refractivity (Wildman–Crippen MR) is 117 cm³/mol. The lowest BCUT2D eigenvalue weighted by Gasteiger charge is -2.21. The number of carboxylic acids is 1. The average molecular weight is 451 g/mol. The fraction of sp³-hybridized carbons (Fsp3) is 0.238. The quantitative estimate of drug-likeness (QED) is 0.414. The Morgan fingerprint density at radius 3 is 2.52 bits per heavy atom. The number of aromatic carboxylic acids is 1. The lowest BCUT2D eigenvalue weighted by Crippen LogP contribution is -2.17. The second-order valence-electron chi connectivity index (χ2n) is 6.34. The van der Waals surface area contributed by atoms with Crippen LogP contribution in [-0.2, 0) is 5.75 Å². The molecule has 152 valence electrons. The molecule has 1 unspecified atom stereocenters. The first-order chi connectivity index (χ1) is 13.9. The normalized spacial score (nSPS) is 12.0. The maximum absolute atomic E-state index is 11.8. The third-order valence-electron chi connectivity index (χ3n) is 4.54. The van der Waals surface area contributed by atoms with Gasteiger partial charge in [0, 0.05) is 5.75 Å². The van der Waals surface area contributed by atoms with Crippen molar-refractivity contribution in [3.05, 3.63) is 75.5 Å². The van der Waals surface area contributed by atoms with Crippen LogP contribution in [0.15, 0.2) is 53.8 Å². The molecule has 0 saturated carbocycles. The molecule has 3 rings (SSSR count). The van der Waals surface area contributed by atoms with Crippen LogP contribution in [0.5, 0.6) is 5.75 Å². The van der Waals surface area contributed by atoms with Crippen LogP contribution in [0.25, 0.3) is 0 Å². The van der Waals surface area contributed by atoms with Gasteiger partial charge in [0.05, 0.1) is 29.4 Å². The van der Waals surface area contributed by atoms with Crippen molar-refractivity contribution in [1.29, 1.82) is 0 Å². The van der Waals surface area contributed by atoms with Crippen molar-refractivity contribution in [2.45, 2.75) is 30.3 Å². The van der Waals surface area contributed by atoms with Crippen LogP contribution in [0.4, 0.5) is 0 Å². The highest BCUT2D eigenvalue weighted by Crippen LogP contribution is 2.34. The van der Waals surface area contributed by atoms with Gasteiger partial charge in [-0.05, 0) is 41.8 Å². The number of hydrogen-bond donors (Lipinski definition) is 1. The smallest absolute Gasteiger partial charge is 0.354 e. The molecule has 5 nitrogen and oxygen atoms in total. The van der Waals surface area contributed by atoms with E-state index in [1.165, 1.54) is 18.0 Å². The summed E-state index contributed by atoms with van der Waals surface area (Å²) >= 11 is 13.7. The zero-order valence-corrected chi connectivity index (χ0v) is 18.3. The molecule has 0 spiro atoms. The molecule has 0 aliphatic heterocycles. The van der Waals surface area contributed by atoms with Crippen LogP contribution in [0.2, 0.25) is 10.0 Å². The molecule has 1 N–H and O–H groups in total. The number of ether oxygens (including phenoxy) is 1. The molecule has 1 aromatic heterocycles. The second kappa shape index (κ2) is 9.57. The van der Waals surface area contributed by atoms with Gasteiger partial charge in [0.2, 0.25) is 0 Å². The van der Waals surface area contributed by atoms with E-state index in [-0.39, 0.29) is 11.7 Å². The minimum atomic E-state index is -1.02. The highest BCUT2D eigenvalue weighted by molar-refractivity contribution is 7.98. The van der Waals surface area contributed by atoms with E-state index >= 15 is 0 Å². The number of benzene rings is 2. The van der Waals surface area contributed by atoms with Crippen LogP contribution in [0.1, 0.15) is 41.0 Å². The summed E-state index contributed by atoms with van der Waals surface area (Å²) in [6.45, 7) is 2.00. The summed E-state index contributed by atoms with van der Waals surface area (Å²) in [5.41, 5.74) is 2.11. The van der Waals surface area contributed by atoms with Crippen molar-refractivity contribution >= 4 is 40.9 Å². The van der Waals surface area contributed by atoms with E-state index in [4.69, 9.17) is 27.9 Å². The molecule has 8 heteroatoms. The molecular formula is C21H20Cl2N2O3S. The second-order valence-corrected chi connectivity index (χ2v) is 8.09. The molecule has 0 aliphatic carbocycles. The topological polar surface area (TPSA) is 64.4 Å². The van der Waals surface area contributed by atoms with Crippen LogP contribution in [0.3, 0.4) is 0 Å². The highest BCUT2D eigenvalue weighted by atomic mass is 35.5. The van der Waals surface area contributed by atoms with Crippen LogP contribution in [-0.4, -0.2) is 27.7 Å². The minimum Gasteiger partial charge on any atom is -0.497 e. The van der Waals surface area contributed by atoms with Gasteiger partial charge in [-0.25, -0.2) is 9.78 Å². The number of nitrogens with zero attached hydrogens (tertiary/aromatic N) is 2. The number of aromatic nitrogens is 2. The Labute approximate surface area is 183 Å². The van der Waals surface area contributed by atoms with E-state index in [1.54, 1.807) is 23.8 Å². The summed E-state index contributed by atoms with van der Waals surface area (Å²) in [4.78, 5) is 16.2. The third kappa shape index (κ3) is 4.89. The molecule has 29 heavy (non-hydrogen) atoms. The van der Waals surface area contributed by atoms with Gasteiger partial charge in [-0.15, -0.1) is 0 Å². The Kier molecular flexibility index (Phi) is 7.11. The zero-order valence-electron chi connectivity index (χ0n) is 15.9.